The lowest BCUT2D eigenvalue weighted by atomic mass is 10.0. The number of carbonyl (C=O) groups excluding carboxylic acids is 2. The Morgan fingerprint density at radius 2 is 1.92 bits per heavy atom. The number of aromatic hydroxyl groups is 1. The minimum absolute atomic E-state index is 0.00408. The van der Waals surface area contributed by atoms with Crippen LogP contribution < -0.4 is 4.74 Å². The van der Waals surface area contributed by atoms with Gasteiger partial charge < -0.3 is 24.8 Å². The predicted octanol–water partition coefficient (Wildman–Crippen LogP) is 1.21. The number of phenolic OH excluding ortho intramolecular Hbond substituents is 1. The lowest BCUT2D eigenvalue weighted by molar-refractivity contribution is -0.127. The van der Waals surface area contributed by atoms with Crippen molar-refractivity contribution in [2.75, 3.05) is 13.7 Å². The summed E-state index contributed by atoms with van der Waals surface area (Å²) in [5, 5.41) is 29.8. The summed E-state index contributed by atoms with van der Waals surface area (Å²) >= 11 is 0. The third-order valence-corrected chi connectivity index (χ3v) is 3.69. The summed E-state index contributed by atoms with van der Waals surface area (Å²) in [4.78, 5) is 23.9. The molecular weight excluding hydrogens is 328 g/mol. The van der Waals surface area contributed by atoms with Crippen molar-refractivity contribution in [1.82, 2.24) is 0 Å². The van der Waals surface area contributed by atoms with Crippen LogP contribution >= 0.6 is 0 Å². The highest BCUT2D eigenvalue weighted by molar-refractivity contribution is 5.97. The summed E-state index contributed by atoms with van der Waals surface area (Å²) in [6.45, 7) is -0.00408. The average Bonchev–Trinajstić information content (AvgIpc) is 2.59. The molecule has 1 aromatic carbocycles. The molecule has 1 aliphatic rings. The second kappa shape index (κ2) is 8.46. The molecule has 7 heteroatoms. The van der Waals surface area contributed by atoms with E-state index in [0.29, 0.717) is 11.3 Å². The molecule has 7 nitrogen and oxygen atoms in total. The number of rotatable bonds is 1. The maximum atomic E-state index is 12.2. The van der Waals surface area contributed by atoms with Crippen LogP contribution in [0, 0.1) is 0 Å². The van der Waals surface area contributed by atoms with E-state index in [1.54, 1.807) is 0 Å². The molecule has 2 rings (SSSR count). The Labute approximate surface area is 144 Å². The first-order chi connectivity index (χ1) is 11.9. The number of phenols is 1. The van der Waals surface area contributed by atoms with Crippen LogP contribution in [-0.4, -0.2) is 53.0 Å². The van der Waals surface area contributed by atoms with Gasteiger partial charge in [-0.3, -0.25) is 4.79 Å². The number of ketones is 1. The number of hydrogen-bond donors (Lipinski definition) is 3. The van der Waals surface area contributed by atoms with Crippen molar-refractivity contribution in [2.24, 2.45) is 0 Å². The van der Waals surface area contributed by atoms with Gasteiger partial charge in [0.25, 0.3) is 0 Å². The third-order valence-electron chi connectivity index (χ3n) is 3.69. The number of aliphatic hydroxyl groups is 2. The molecule has 25 heavy (non-hydrogen) atoms. The molecule has 0 saturated carbocycles. The SMILES string of the molecule is COc1cc(O)c2c(c1)/C=C/C[C@H](O)[C@@H](O)C(=O)/C=C/CCOC2=O. The quantitative estimate of drug-likeness (QED) is 0.654. The van der Waals surface area contributed by atoms with Gasteiger partial charge >= 0.3 is 5.97 Å². The van der Waals surface area contributed by atoms with Crippen LogP contribution in [0.15, 0.2) is 30.4 Å². The van der Waals surface area contributed by atoms with Gasteiger partial charge in [-0.2, -0.15) is 0 Å². The van der Waals surface area contributed by atoms with E-state index in [1.807, 2.05) is 0 Å². The Hall–Kier alpha value is -2.64. The highest BCUT2D eigenvalue weighted by atomic mass is 16.5. The van der Waals surface area contributed by atoms with E-state index in [9.17, 15) is 24.9 Å². The molecule has 1 heterocycles. The van der Waals surface area contributed by atoms with Crippen molar-refractivity contribution < 1.29 is 34.4 Å². The molecule has 0 aliphatic carbocycles. The van der Waals surface area contributed by atoms with Crippen molar-refractivity contribution in [3.63, 3.8) is 0 Å². The summed E-state index contributed by atoms with van der Waals surface area (Å²) in [5.74, 6) is -1.28. The van der Waals surface area contributed by atoms with E-state index < -0.39 is 24.0 Å². The number of aliphatic hydroxyl groups excluding tert-OH is 2. The second-order valence-electron chi connectivity index (χ2n) is 5.49. The topological polar surface area (TPSA) is 113 Å². The van der Waals surface area contributed by atoms with Gasteiger partial charge in [0.2, 0.25) is 0 Å². The van der Waals surface area contributed by atoms with E-state index in [2.05, 4.69) is 0 Å². The fourth-order valence-electron chi connectivity index (χ4n) is 2.34. The van der Waals surface area contributed by atoms with Crippen LogP contribution in [0.25, 0.3) is 6.08 Å². The normalized spacial score (nSPS) is 24.6. The van der Waals surface area contributed by atoms with Crippen molar-refractivity contribution in [3.8, 4) is 11.5 Å². The third kappa shape index (κ3) is 4.68. The molecule has 0 radical (unpaired) electrons. The van der Waals surface area contributed by atoms with Crippen molar-refractivity contribution in [2.45, 2.75) is 25.0 Å². The maximum absolute atomic E-state index is 12.2. The Morgan fingerprint density at radius 1 is 1.16 bits per heavy atom. The van der Waals surface area contributed by atoms with E-state index in [4.69, 9.17) is 9.47 Å². The Balaban J connectivity index is 2.40. The second-order valence-corrected chi connectivity index (χ2v) is 5.49. The van der Waals surface area contributed by atoms with E-state index in [-0.39, 0.29) is 30.8 Å². The fourth-order valence-corrected chi connectivity index (χ4v) is 2.34. The minimum Gasteiger partial charge on any atom is -0.507 e. The molecule has 0 aromatic heterocycles. The van der Waals surface area contributed by atoms with Crippen LogP contribution in [-0.2, 0) is 9.53 Å². The standard InChI is InChI=1S/C18H20O7/c1-24-12-9-11-5-4-7-14(20)17(22)13(19)6-2-3-8-25-18(23)16(11)15(21)10-12/h2,4-6,9-10,14,17,20-22H,3,7-8H2,1H3/b5-4+,6-2+/t14-,17-/m0/s1. The van der Waals surface area contributed by atoms with Crippen LogP contribution in [0.2, 0.25) is 0 Å². The lowest BCUT2D eigenvalue weighted by Crippen LogP contribution is -2.32. The van der Waals surface area contributed by atoms with Crippen molar-refractivity contribution in [3.05, 3.63) is 41.5 Å². The Kier molecular flexibility index (Phi) is 6.32. The number of benzene rings is 1. The van der Waals surface area contributed by atoms with Gasteiger partial charge in [-0.25, -0.2) is 4.79 Å². The first-order valence-corrected chi connectivity index (χ1v) is 7.75. The van der Waals surface area contributed by atoms with E-state index in [0.717, 1.165) is 6.08 Å². The number of carbonyl (C=O) groups is 2. The molecule has 1 aliphatic heterocycles. The van der Waals surface area contributed by atoms with Gasteiger partial charge in [0.1, 0.15) is 23.2 Å². The first-order valence-electron chi connectivity index (χ1n) is 7.75. The predicted molar refractivity (Wildman–Crippen MR) is 89.4 cm³/mol. The van der Waals surface area contributed by atoms with Gasteiger partial charge in [0, 0.05) is 6.07 Å². The monoisotopic (exact) mass is 348 g/mol. The number of fused-ring (bicyclic) bond motifs is 1. The number of hydrogen-bond acceptors (Lipinski definition) is 7. The fraction of sp³-hybridized carbons (Fsp3) is 0.333. The molecule has 0 amide bonds. The highest BCUT2D eigenvalue weighted by Crippen LogP contribution is 2.30. The minimum atomic E-state index is -1.54. The lowest BCUT2D eigenvalue weighted by Gasteiger charge is -2.14. The van der Waals surface area contributed by atoms with E-state index in [1.165, 1.54) is 37.5 Å². The van der Waals surface area contributed by atoms with Gasteiger partial charge in [0.15, 0.2) is 5.78 Å². The van der Waals surface area contributed by atoms with Crippen molar-refractivity contribution in [1.29, 1.82) is 0 Å². The number of ether oxygens (including phenoxy) is 2. The number of methoxy groups -OCH3 is 1. The molecule has 2 atom stereocenters. The zero-order chi connectivity index (χ0) is 18.4. The van der Waals surface area contributed by atoms with Gasteiger partial charge in [0.05, 0.1) is 19.8 Å². The highest BCUT2D eigenvalue weighted by Gasteiger charge is 2.22. The van der Waals surface area contributed by atoms with E-state index >= 15 is 0 Å². The smallest absolute Gasteiger partial charge is 0.342 e. The summed E-state index contributed by atoms with van der Waals surface area (Å²) in [6, 6.07) is 2.83. The first kappa shape index (κ1) is 18.7. The molecule has 0 saturated heterocycles. The molecule has 134 valence electrons. The van der Waals surface area contributed by atoms with Crippen LogP contribution in [0.5, 0.6) is 11.5 Å². The summed E-state index contributed by atoms with van der Waals surface area (Å²) in [5.41, 5.74) is 0.312. The zero-order valence-electron chi connectivity index (χ0n) is 13.7. The molecule has 0 bridgehead atoms. The average molecular weight is 348 g/mol. The molecule has 1 aromatic rings. The number of esters is 1. The number of cyclic esters (lactones) is 1. The van der Waals surface area contributed by atoms with Crippen molar-refractivity contribution >= 4 is 17.8 Å². The van der Waals surface area contributed by atoms with Gasteiger partial charge in [-0.1, -0.05) is 18.2 Å². The van der Waals surface area contributed by atoms with Crippen LogP contribution in [0.3, 0.4) is 0 Å². The zero-order valence-corrected chi connectivity index (χ0v) is 13.7. The largest absolute Gasteiger partial charge is 0.507 e. The molecular formula is C18H20O7. The molecule has 0 fully saturated rings. The maximum Gasteiger partial charge on any atom is 0.342 e. The summed E-state index contributed by atoms with van der Waals surface area (Å²) < 4.78 is 10.2. The molecule has 0 unspecified atom stereocenters. The van der Waals surface area contributed by atoms with Gasteiger partial charge in [-0.05, 0) is 30.5 Å². The Morgan fingerprint density at radius 3 is 2.64 bits per heavy atom. The summed E-state index contributed by atoms with van der Waals surface area (Å²) in [7, 11) is 1.42. The molecule has 3 N–H and O–H groups in total. The van der Waals surface area contributed by atoms with Crippen LogP contribution in [0.4, 0.5) is 0 Å². The van der Waals surface area contributed by atoms with Crippen LogP contribution in [0.1, 0.15) is 28.8 Å². The Bertz CT molecular complexity index is 706. The van der Waals surface area contributed by atoms with Gasteiger partial charge in [-0.15, -0.1) is 0 Å². The summed E-state index contributed by atoms with van der Waals surface area (Å²) in [6.07, 6.45) is 2.98. The molecule has 0 spiro atoms.